The molecule has 2 fully saturated rings. The number of ether oxygens (including phenoxy) is 2. The van der Waals surface area contributed by atoms with Crippen LogP contribution in [0.4, 0.5) is 14.5 Å². The molecular weight excluding hydrogens is 642 g/mol. The van der Waals surface area contributed by atoms with Crippen molar-refractivity contribution in [3.8, 4) is 17.0 Å². The highest BCUT2D eigenvalue weighted by atomic mass is 32.2. The van der Waals surface area contributed by atoms with E-state index in [-0.39, 0.29) is 46.1 Å². The van der Waals surface area contributed by atoms with Gasteiger partial charge in [0.2, 0.25) is 0 Å². The first kappa shape index (κ1) is 33.6. The van der Waals surface area contributed by atoms with Crippen LogP contribution in [0, 0.1) is 0 Å². The van der Waals surface area contributed by atoms with Crippen LogP contribution < -0.4 is 21.6 Å². The van der Waals surface area contributed by atoms with E-state index < -0.39 is 12.5 Å². The standard InChI is InChI=1S/C32H40F2N10O3S/c1-20(2)48-24-4-5-28(47-32(33)34)25(14-24)29-27(39-31(45)26-15-38-44-10-3-9-37-30(26)44)18-42(40-29)16-21(35)17-43(36)22-6-11-41(12-7-22)23-8-13-46-19-23/h3-5,9-10,14-15,17-18,20,22-23,32H,6-8,11-13,16,19,35-36H2,1-2H3,(H,39,45)/b21-17-. The maximum atomic E-state index is 13.5. The number of fused-ring (bicyclic) bond motifs is 1. The lowest BCUT2D eigenvalue weighted by molar-refractivity contribution is -0.0494. The third-order valence-electron chi connectivity index (χ3n) is 8.33. The number of aromatic nitrogens is 5. The molecule has 3 aromatic heterocycles. The lowest BCUT2D eigenvalue weighted by Crippen LogP contribution is -2.49. The van der Waals surface area contributed by atoms with Gasteiger partial charge in [0.25, 0.3) is 5.91 Å². The number of allylic oxidation sites excluding steroid dienone is 1. The minimum absolute atomic E-state index is 0.0799. The third-order valence-corrected chi connectivity index (χ3v) is 9.33. The van der Waals surface area contributed by atoms with Gasteiger partial charge in [0.05, 0.1) is 25.0 Å². The predicted octanol–water partition coefficient (Wildman–Crippen LogP) is 4.18. The number of hydrazine groups is 1. The van der Waals surface area contributed by atoms with Crippen LogP contribution in [0.5, 0.6) is 5.75 Å². The summed E-state index contributed by atoms with van der Waals surface area (Å²) in [4.78, 5) is 21.1. The Morgan fingerprint density at radius 1 is 1.27 bits per heavy atom. The summed E-state index contributed by atoms with van der Waals surface area (Å²) in [6.45, 7) is 4.59. The summed E-state index contributed by atoms with van der Waals surface area (Å²) in [6.07, 6.45) is 10.8. The van der Waals surface area contributed by atoms with Gasteiger partial charge in [-0.25, -0.2) is 15.3 Å². The Bertz CT molecular complexity index is 1750. The number of likely N-dealkylation sites (tertiary alicyclic amines) is 1. The fourth-order valence-corrected chi connectivity index (χ4v) is 6.97. The van der Waals surface area contributed by atoms with Crippen LogP contribution >= 0.6 is 11.8 Å². The van der Waals surface area contributed by atoms with E-state index in [1.54, 1.807) is 59.8 Å². The van der Waals surface area contributed by atoms with E-state index in [1.165, 1.54) is 21.5 Å². The molecule has 2 saturated heterocycles. The van der Waals surface area contributed by atoms with Gasteiger partial charge in [-0.3, -0.25) is 14.4 Å². The molecule has 6 rings (SSSR count). The zero-order valence-corrected chi connectivity index (χ0v) is 27.7. The summed E-state index contributed by atoms with van der Waals surface area (Å²) in [5, 5.41) is 13.7. The highest BCUT2D eigenvalue weighted by Crippen LogP contribution is 2.39. The fraction of sp³-hybridized carbons (Fsp3) is 0.438. The largest absolute Gasteiger partial charge is 0.434 e. The second-order valence-electron chi connectivity index (χ2n) is 12.1. The molecule has 5 heterocycles. The van der Waals surface area contributed by atoms with E-state index in [0.29, 0.717) is 17.4 Å². The zero-order chi connectivity index (χ0) is 33.8. The van der Waals surface area contributed by atoms with Crippen molar-refractivity contribution >= 4 is 29.0 Å². The number of hydrogen-bond donors (Lipinski definition) is 3. The lowest BCUT2D eigenvalue weighted by atomic mass is 10.0. The van der Waals surface area contributed by atoms with Crippen molar-refractivity contribution in [2.75, 3.05) is 31.6 Å². The van der Waals surface area contributed by atoms with E-state index in [2.05, 4.69) is 20.3 Å². The lowest BCUT2D eigenvalue weighted by Gasteiger charge is -2.38. The van der Waals surface area contributed by atoms with Crippen LogP contribution in [-0.2, 0) is 11.3 Å². The number of amides is 1. The van der Waals surface area contributed by atoms with Crippen LogP contribution in [0.15, 0.2) is 65.8 Å². The molecule has 0 bridgehead atoms. The molecule has 1 amide bonds. The molecule has 0 aliphatic carbocycles. The van der Waals surface area contributed by atoms with Crippen molar-refractivity contribution in [1.82, 2.24) is 34.3 Å². The Kier molecular flexibility index (Phi) is 10.4. The number of nitrogens with one attached hydrogen (secondary N) is 1. The van der Waals surface area contributed by atoms with Crippen molar-refractivity contribution < 1.29 is 23.0 Å². The summed E-state index contributed by atoms with van der Waals surface area (Å²) in [6, 6.07) is 7.23. The second-order valence-corrected chi connectivity index (χ2v) is 13.8. The highest BCUT2D eigenvalue weighted by molar-refractivity contribution is 7.99. The fourth-order valence-electron chi connectivity index (χ4n) is 6.09. The molecule has 2 aliphatic heterocycles. The van der Waals surface area contributed by atoms with Crippen LogP contribution in [0.1, 0.15) is 43.5 Å². The molecule has 256 valence electrons. The molecular formula is C32H40F2N10O3S. The molecule has 48 heavy (non-hydrogen) atoms. The number of piperidine rings is 1. The van der Waals surface area contributed by atoms with E-state index in [0.717, 1.165) is 50.5 Å². The summed E-state index contributed by atoms with van der Waals surface area (Å²) in [5.74, 6) is 5.88. The van der Waals surface area contributed by atoms with Crippen molar-refractivity contribution in [3.05, 3.63) is 66.5 Å². The molecule has 4 aromatic rings. The van der Waals surface area contributed by atoms with Gasteiger partial charge in [0.15, 0.2) is 5.65 Å². The topological polar surface area (TPSA) is 154 Å². The van der Waals surface area contributed by atoms with E-state index in [1.807, 2.05) is 13.8 Å². The maximum absolute atomic E-state index is 13.5. The average molecular weight is 683 g/mol. The number of halogens is 2. The Morgan fingerprint density at radius 3 is 2.81 bits per heavy atom. The Balaban J connectivity index is 1.27. The van der Waals surface area contributed by atoms with Gasteiger partial charge in [-0.15, -0.1) is 11.8 Å². The first-order chi connectivity index (χ1) is 23.1. The van der Waals surface area contributed by atoms with Gasteiger partial charge in [-0.2, -0.15) is 19.0 Å². The SMILES string of the molecule is CC(C)Sc1ccc(OC(F)F)c(-c2nn(C/C(N)=C/N(N)C3CCN(C4CCOC4)CC3)cc2NC(=O)c2cnn3cccnc23)c1. The molecule has 1 unspecified atom stereocenters. The van der Waals surface area contributed by atoms with Crippen molar-refractivity contribution in [2.45, 2.75) is 68.5 Å². The molecule has 1 aromatic carbocycles. The second kappa shape index (κ2) is 14.9. The smallest absolute Gasteiger partial charge is 0.387 e. The number of nitrogens with zero attached hydrogens (tertiary/aromatic N) is 7. The predicted molar refractivity (Wildman–Crippen MR) is 178 cm³/mol. The van der Waals surface area contributed by atoms with Crippen LogP contribution in [0.3, 0.4) is 0 Å². The monoisotopic (exact) mass is 682 g/mol. The number of anilines is 1. The number of carbonyl (C=O) groups is 1. The van der Waals surface area contributed by atoms with Crippen molar-refractivity contribution in [1.29, 1.82) is 0 Å². The average Bonchev–Trinajstić information content (AvgIpc) is 3.82. The number of rotatable bonds is 12. The van der Waals surface area contributed by atoms with Gasteiger partial charge >= 0.3 is 6.61 Å². The zero-order valence-electron chi connectivity index (χ0n) is 26.8. The molecule has 16 heteroatoms. The number of carbonyl (C=O) groups excluding carboxylic acids is 1. The number of thioether (sulfide) groups is 1. The maximum Gasteiger partial charge on any atom is 0.387 e. The number of hydrogen-bond acceptors (Lipinski definition) is 11. The number of alkyl halides is 2. The van der Waals surface area contributed by atoms with Gasteiger partial charge < -0.3 is 25.5 Å². The summed E-state index contributed by atoms with van der Waals surface area (Å²) < 4.78 is 40.5. The first-order valence-corrected chi connectivity index (χ1v) is 16.8. The van der Waals surface area contributed by atoms with Crippen LogP contribution in [0.25, 0.3) is 16.9 Å². The van der Waals surface area contributed by atoms with Gasteiger partial charge in [-0.1, -0.05) is 13.8 Å². The number of nitrogens with two attached hydrogens (primary N) is 2. The molecule has 13 nitrogen and oxygen atoms in total. The Hall–Kier alpha value is -4.25. The van der Waals surface area contributed by atoms with E-state index in [4.69, 9.17) is 26.1 Å². The van der Waals surface area contributed by atoms with Gasteiger partial charge in [0.1, 0.15) is 17.0 Å². The summed E-state index contributed by atoms with van der Waals surface area (Å²) in [5.41, 5.74) is 8.27. The molecule has 0 saturated carbocycles. The normalized spacial score (nSPS) is 17.9. The van der Waals surface area contributed by atoms with Gasteiger partial charge in [-0.05, 0) is 43.5 Å². The quantitative estimate of drug-likeness (QED) is 0.112. The Labute approximate surface area is 281 Å². The van der Waals surface area contributed by atoms with Crippen LogP contribution in [-0.4, -0.2) is 90.4 Å². The minimum atomic E-state index is -3.06. The van der Waals surface area contributed by atoms with E-state index in [9.17, 15) is 13.6 Å². The summed E-state index contributed by atoms with van der Waals surface area (Å²) >= 11 is 1.56. The van der Waals surface area contributed by atoms with Gasteiger partial charge in [0, 0.05) is 78.0 Å². The van der Waals surface area contributed by atoms with Crippen molar-refractivity contribution in [3.63, 3.8) is 0 Å². The van der Waals surface area contributed by atoms with Crippen molar-refractivity contribution in [2.24, 2.45) is 11.6 Å². The molecule has 0 spiro atoms. The molecule has 2 aliphatic rings. The summed E-state index contributed by atoms with van der Waals surface area (Å²) in [7, 11) is 0. The minimum Gasteiger partial charge on any atom is -0.434 e. The molecule has 5 N–H and O–H groups in total. The van der Waals surface area contributed by atoms with E-state index >= 15 is 0 Å². The molecule has 1 atom stereocenters. The van der Waals surface area contributed by atoms with Crippen LogP contribution in [0.2, 0.25) is 0 Å². The third kappa shape index (κ3) is 7.89. The molecule has 0 radical (unpaired) electrons. The Morgan fingerprint density at radius 2 is 2.08 bits per heavy atom. The highest BCUT2D eigenvalue weighted by Gasteiger charge is 2.29. The first-order valence-electron chi connectivity index (χ1n) is 15.9. The number of benzene rings is 1.